The maximum Gasteiger partial charge on any atom is 0.418 e. The topological polar surface area (TPSA) is 38.0 Å². The van der Waals surface area contributed by atoms with Gasteiger partial charge < -0.3 is 11.1 Å². The average molecular weight is 323 g/mol. The second-order valence-corrected chi connectivity index (χ2v) is 5.67. The third-order valence-electron chi connectivity index (χ3n) is 3.27. The third kappa shape index (κ3) is 2.98. The normalized spacial score (nSPS) is 18.3. The van der Waals surface area contributed by atoms with Gasteiger partial charge in [0.1, 0.15) is 0 Å². The number of nitrogens with one attached hydrogen (secondary N) is 1. The van der Waals surface area contributed by atoms with E-state index >= 15 is 0 Å². The van der Waals surface area contributed by atoms with Gasteiger partial charge in [0, 0.05) is 22.2 Å². The van der Waals surface area contributed by atoms with E-state index in [9.17, 15) is 13.2 Å². The lowest BCUT2D eigenvalue weighted by Gasteiger charge is -2.38. The molecule has 0 amide bonds. The van der Waals surface area contributed by atoms with E-state index in [0.717, 1.165) is 25.3 Å². The minimum Gasteiger partial charge on any atom is -0.383 e. The van der Waals surface area contributed by atoms with Gasteiger partial charge in [-0.25, -0.2) is 0 Å². The summed E-state index contributed by atoms with van der Waals surface area (Å²) in [7, 11) is 0. The van der Waals surface area contributed by atoms with E-state index in [1.54, 1.807) is 6.07 Å². The molecule has 2 rings (SSSR count). The van der Waals surface area contributed by atoms with Crippen LogP contribution in [0.2, 0.25) is 0 Å². The summed E-state index contributed by atoms with van der Waals surface area (Å²) in [5.74, 6) is 0. The van der Waals surface area contributed by atoms with Crippen LogP contribution in [0.25, 0.3) is 0 Å². The van der Waals surface area contributed by atoms with Gasteiger partial charge in [0.25, 0.3) is 0 Å². The van der Waals surface area contributed by atoms with Crippen LogP contribution in [0.4, 0.5) is 18.9 Å². The van der Waals surface area contributed by atoms with E-state index in [2.05, 4.69) is 21.2 Å². The molecule has 1 aromatic carbocycles. The number of rotatable bonds is 3. The van der Waals surface area contributed by atoms with Crippen molar-refractivity contribution in [2.24, 2.45) is 5.73 Å². The first-order valence-corrected chi connectivity index (χ1v) is 6.49. The quantitative estimate of drug-likeness (QED) is 0.889. The predicted molar refractivity (Wildman–Crippen MR) is 68.4 cm³/mol. The molecule has 1 fully saturated rings. The van der Waals surface area contributed by atoms with Crippen LogP contribution in [-0.2, 0) is 6.18 Å². The van der Waals surface area contributed by atoms with E-state index in [0.29, 0.717) is 11.0 Å². The molecule has 3 N–H and O–H groups in total. The van der Waals surface area contributed by atoms with Crippen molar-refractivity contribution in [2.75, 3.05) is 11.9 Å². The summed E-state index contributed by atoms with van der Waals surface area (Å²) in [6.07, 6.45) is -1.60. The number of halogens is 4. The van der Waals surface area contributed by atoms with Crippen molar-refractivity contribution in [3.63, 3.8) is 0 Å². The number of benzene rings is 1. The second-order valence-electron chi connectivity index (χ2n) is 4.76. The molecule has 0 bridgehead atoms. The van der Waals surface area contributed by atoms with E-state index in [-0.39, 0.29) is 11.2 Å². The highest BCUT2D eigenvalue weighted by atomic mass is 79.9. The minimum absolute atomic E-state index is 0.0856. The zero-order valence-electron chi connectivity index (χ0n) is 9.65. The molecule has 0 saturated heterocycles. The summed E-state index contributed by atoms with van der Waals surface area (Å²) < 4.78 is 39.0. The highest BCUT2D eigenvalue weighted by molar-refractivity contribution is 9.10. The summed E-state index contributed by atoms with van der Waals surface area (Å²) in [6.45, 7) is 0.373. The monoisotopic (exact) mass is 322 g/mol. The fraction of sp³-hybridized carbons (Fsp3) is 0.500. The van der Waals surface area contributed by atoms with Gasteiger partial charge >= 0.3 is 6.18 Å². The Bertz CT molecular complexity index is 441. The van der Waals surface area contributed by atoms with Gasteiger partial charge in [0.05, 0.1) is 5.56 Å². The Labute approximate surface area is 112 Å². The van der Waals surface area contributed by atoms with Crippen molar-refractivity contribution in [2.45, 2.75) is 31.0 Å². The smallest absolute Gasteiger partial charge is 0.383 e. The first-order valence-electron chi connectivity index (χ1n) is 5.70. The fourth-order valence-corrected chi connectivity index (χ4v) is 2.35. The Kier molecular flexibility index (Phi) is 3.60. The number of anilines is 1. The highest BCUT2D eigenvalue weighted by Gasteiger charge is 2.36. The van der Waals surface area contributed by atoms with Gasteiger partial charge in [-0.2, -0.15) is 13.2 Å². The number of nitrogens with two attached hydrogens (primary N) is 1. The van der Waals surface area contributed by atoms with Crippen molar-refractivity contribution >= 4 is 21.6 Å². The SMILES string of the molecule is NC1(CNc2ccc(Br)cc2C(F)(F)F)CCC1. The molecule has 2 nitrogen and oxygen atoms in total. The highest BCUT2D eigenvalue weighted by Crippen LogP contribution is 2.37. The first-order chi connectivity index (χ1) is 8.30. The molecule has 1 aromatic rings. The van der Waals surface area contributed by atoms with Crippen molar-refractivity contribution < 1.29 is 13.2 Å². The Morgan fingerprint density at radius 3 is 2.50 bits per heavy atom. The predicted octanol–water partition coefficient (Wildman–Crippen LogP) is 3.76. The van der Waals surface area contributed by atoms with Crippen molar-refractivity contribution in [3.8, 4) is 0 Å². The molecule has 0 atom stereocenters. The number of alkyl halides is 3. The summed E-state index contributed by atoms with van der Waals surface area (Å²) >= 11 is 3.05. The Balaban J connectivity index is 2.16. The molecule has 1 aliphatic rings. The molecular weight excluding hydrogens is 309 g/mol. The minimum atomic E-state index is -4.37. The van der Waals surface area contributed by atoms with Gasteiger partial charge in [-0.3, -0.25) is 0 Å². The lowest BCUT2D eigenvalue weighted by Crippen LogP contribution is -2.52. The zero-order valence-corrected chi connectivity index (χ0v) is 11.2. The molecule has 1 aliphatic carbocycles. The van der Waals surface area contributed by atoms with E-state index in [1.807, 2.05) is 0 Å². The molecule has 0 spiro atoms. The molecule has 0 radical (unpaired) electrons. The van der Waals surface area contributed by atoms with Crippen LogP contribution in [0.15, 0.2) is 22.7 Å². The van der Waals surface area contributed by atoms with Crippen LogP contribution in [0.5, 0.6) is 0 Å². The van der Waals surface area contributed by atoms with Crippen LogP contribution in [-0.4, -0.2) is 12.1 Å². The summed E-state index contributed by atoms with van der Waals surface area (Å²) in [6, 6.07) is 4.09. The van der Waals surface area contributed by atoms with E-state index < -0.39 is 11.7 Å². The Morgan fingerprint density at radius 2 is 2.00 bits per heavy atom. The van der Waals surface area contributed by atoms with Crippen molar-refractivity contribution in [3.05, 3.63) is 28.2 Å². The molecule has 0 heterocycles. The maximum absolute atomic E-state index is 12.9. The van der Waals surface area contributed by atoms with Crippen molar-refractivity contribution in [1.82, 2.24) is 0 Å². The first kappa shape index (κ1) is 13.7. The largest absolute Gasteiger partial charge is 0.418 e. The van der Waals surface area contributed by atoms with Gasteiger partial charge in [-0.05, 0) is 37.5 Å². The zero-order chi connectivity index (χ0) is 13.4. The molecule has 100 valence electrons. The van der Waals surface area contributed by atoms with E-state index in [4.69, 9.17) is 5.73 Å². The average Bonchev–Trinajstić information content (AvgIpc) is 2.23. The van der Waals surface area contributed by atoms with Gasteiger partial charge in [0.15, 0.2) is 0 Å². The van der Waals surface area contributed by atoms with Gasteiger partial charge in [-0.1, -0.05) is 15.9 Å². The van der Waals surface area contributed by atoms with Crippen LogP contribution in [0.1, 0.15) is 24.8 Å². The molecule has 0 aliphatic heterocycles. The number of hydrogen-bond acceptors (Lipinski definition) is 2. The van der Waals surface area contributed by atoms with Gasteiger partial charge in [-0.15, -0.1) is 0 Å². The van der Waals surface area contributed by atoms with Crippen LogP contribution in [0, 0.1) is 0 Å². The molecule has 0 aromatic heterocycles. The fourth-order valence-electron chi connectivity index (χ4n) is 1.98. The lowest BCUT2D eigenvalue weighted by molar-refractivity contribution is -0.137. The molecule has 18 heavy (non-hydrogen) atoms. The molecule has 6 heteroatoms. The second kappa shape index (κ2) is 4.74. The Hall–Kier alpha value is -0.750. The van der Waals surface area contributed by atoms with Crippen LogP contribution in [0.3, 0.4) is 0 Å². The molecule has 1 saturated carbocycles. The van der Waals surface area contributed by atoms with Crippen LogP contribution >= 0.6 is 15.9 Å². The molecule has 0 unspecified atom stereocenters. The molecular formula is C12H14BrF3N2. The standard InChI is InChI=1S/C12H14BrF3N2/c13-8-2-3-10(9(6-8)12(14,15)16)18-7-11(17)4-1-5-11/h2-3,6,18H,1,4-5,7,17H2. The maximum atomic E-state index is 12.9. The van der Waals surface area contributed by atoms with Crippen molar-refractivity contribution in [1.29, 1.82) is 0 Å². The van der Waals surface area contributed by atoms with E-state index in [1.165, 1.54) is 6.07 Å². The Morgan fingerprint density at radius 1 is 1.33 bits per heavy atom. The summed E-state index contributed by atoms with van der Waals surface area (Å²) in [5, 5.41) is 2.82. The third-order valence-corrected chi connectivity index (χ3v) is 3.76. The summed E-state index contributed by atoms with van der Waals surface area (Å²) in [5.41, 5.74) is 5.05. The van der Waals surface area contributed by atoms with Gasteiger partial charge in [0.2, 0.25) is 0 Å². The summed E-state index contributed by atoms with van der Waals surface area (Å²) in [4.78, 5) is 0. The lowest BCUT2D eigenvalue weighted by atomic mass is 9.78. The van der Waals surface area contributed by atoms with Crippen LogP contribution < -0.4 is 11.1 Å². The number of hydrogen-bond donors (Lipinski definition) is 2.